The van der Waals surface area contributed by atoms with Crippen molar-refractivity contribution in [2.45, 2.75) is 0 Å². The molecule has 0 spiro atoms. The summed E-state index contributed by atoms with van der Waals surface area (Å²) in [6, 6.07) is 20.8. The molecule has 108 valence electrons. The third-order valence-corrected chi connectivity index (χ3v) is 4.92. The molecule has 1 unspecified atom stereocenters. The average molecular weight is 309 g/mol. The second-order valence-corrected chi connectivity index (χ2v) is 6.50. The predicted molar refractivity (Wildman–Crippen MR) is 88.5 cm³/mol. The summed E-state index contributed by atoms with van der Waals surface area (Å²) in [4.78, 5) is 0. The van der Waals surface area contributed by atoms with Gasteiger partial charge in [0.15, 0.2) is 10.6 Å². The molecule has 4 heteroatoms. The first-order valence-corrected chi connectivity index (χ1v) is 8.06. The molecule has 0 saturated heterocycles. The summed E-state index contributed by atoms with van der Waals surface area (Å²) >= 11 is 0. The van der Waals surface area contributed by atoms with E-state index in [4.69, 9.17) is 0 Å². The van der Waals surface area contributed by atoms with Crippen LogP contribution in [0.4, 0.5) is 0 Å². The van der Waals surface area contributed by atoms with Crippen molar-refractivity contribution < 1.29 is 14.8 Å². The second kappa shape index (κ2) is 6.00. The van der Waals surface area contributed by atoms with Crippen LogP contribution in [0.1, 0.15) is 0 Å². The monoisotopic (exact) mass is 309 g/mol. The van der Waals surface area contributed by atoms with Gasteiger partial charge in [0.25, 0.3) is 0 Å². The van der Waals surface area contributed by atoms with Crippen LogP contribution >= 0.6 is 7.80 Å². The van der Waals surface area contributed by atoms with Gasteiger partial charge in [-0.25, -0.2) is 0 Å². The van der Waals surface area contributed by atoms with Gasteiger partial charge in [-0.05, 0) is 60.2 Å². The summed E-state index contributed by atoms with van der Waals surface area (Å²) in [7, 11) is -1.63. The van der Waals surface area contributed by atoms with Crippen LogP contribution in [0.15, 0.2) is 72.8 Å². The molecule has 0 heterocycles. The zero-order chi connectivity index (χ0) is 15.5. The predicted octanol–water partition coefficient (Wildman–Crippen LogP) is 3.54. The van der Waals surface area contributed by atoms with Crippen molar-refractivity contribution in [2.24, 2.45) is 0 Å². The highest BCUT2D eigenvalue weighted by molar-refractivity contribution is 7.61. The average Bonchev–Trinajstić information content (AvgIpc) is 2.57. The molecule has 0 aromatic heterocycles. The zero-order valence-corrected chi connectivity index (χ0v) is 12.6. The molecule has 3 aromatic rings. The Morgan fingerprint density at radius 2 is 1.36 bits per heavy atom. The van der Waals surface area contributed by atoms with Gasteiger partial charge >= 0.3 is 7.80 Å². The van der Waals surface area contributed by atoms with Crippen molar-refractivity contribution >= 4 is 18.4 Å². The minimum atomic E-state index is -1.63. The Morgan fingerprint density at radius 1 is 0.727 bits per heavy atom. The van der Waals surface area contributed by atoms with Gasteiger partial charge in [-0.2, -0.15) is 0 Å². The van der Waals surface area contributed by atoms with Gasteiger partial charge in [0.05, 0.1) is 0 Å². The topological polar surface area (TPSA) is 57.5 Å². The van der Waals surface area contributed by atoms with E-state index in [2.05, 4.69) is 0 Å². The van der Waals surface area contributed by atoms with E-state index in [0.29, 0.717) is 5.56 Å². The fourth-order valence-electron chi connectivity index (χ4n) is 2.24. The van der Waals surface area contributed by atoms with E-state index in [1.165, 1.54) is 18.2 Å². The first-order valence-electron chi connectivity index (χ1n) is 6.80. The zero-order valence-electron chi connectivity index (χ0n) is 11.7. The lowest BCUT2D eigenvalue weighted by atomic mass is 10.0. The normalized spacial score (nSPS) is 11.2. The number of benzene rings is 3. The van der Waals surface area contributed by atoms with E-state index < -0.39 is 7.80 Å². The lowest BCUT2D eigenvalue weighted by molar-refractivity contribution is 0.462. The maximum atomic E-state index is 12.5. The number of phenols is 2. The van der Waals surface area contributed by atoms with Crippen LogP contribution in [0, 0.1) is 0 Å². The molecular weight excluding hydrogens is 295 g/mol. The maximum absolute atomic E-state index is 12.5. The number of rotatable bonds is 3. The van der Waals surface area contributed by atoms with Crippen LogP contribution in [0.3, 0.4) is 0 Å². The van der Waals surface area contributed by atoms with E-state index in [-0.39, 0.29) is 11.5 Å². The van der Waals surface area contributed by atoms with Gasteiger partial charge < -0.3 is 10.2 Å². The van der Waals surface area contributed by atoms with Crippen LogP contribution < -0.4 is 10.6 Å². The molecule has 0 aliphatic carbocycles. The Hall–Kier alpha value is -2.64. The SMILES string of the molecule is O=[P+](c1ccccc1)c1ccc(-c2cc(O)ccc2O)cc1. The molecule has 0 aliphatic rings. The molecule has 3 rings (SSSR count). The smallest absolute Gasteiger partial charge is 0.415 e. The molecule has 0 radical (unpaired) electrons. The van der Waals surface area contributed by atoms with Crippen molar-refractivity contribution in [2.75, 3.05) is 0 Å². The van der Waals surface area contributed by atoms with Crippen molar-refractivity contribution in [1.29, 1.82) is 0 Å². The molecule has 0 saturated carbocycles. The summed E-state index contributed by atoms with van der Waals surface area (Å²) in [6.45, 7) is 0. The van der Waals surface area contributed by atoms with E-state index in [9.17, 15) is 14.8 Å². The fraction of sp³-hybridized carbons (Fsp3) is 0. The standard InChI is InChI=1S/C18H13O3P/c19-14-8-11-18(20)17(12-14)13-6-9-16(10-7-13)22(21)15-4-2-1-3-5-15/h1-12H,(H-,19,20,21)/p+1. The molecule has 0 amide bonds. The van der Waals surface area contributed by atoms with Crippen molar-refractivity contribution in [3.63, 3.8) is 0 Å². The Balaban J connectivity index is 1.93. The highest BCUT2D eigenvalue weighted by atomic mass is 31.1. The van der Waals surface area contributed by atoms with Crippen LogP contribution in [-0.4, -0.2) is 10.2 Å². The summed E-state index contributed by atoms with van der Waals surface area (Å²) in [5.41, 5.74) is 1.30. The van der Waals surface area contributed by atoms with Gasteiger partial charge in [0, 0.05) is 5.56 Å². The summed E-state index contributed by atoms with van der Waals surface area (Å²) in [5.74, 6) is 0.185. The van der Waals surface area contributed by atoms with E-state index in [0.717, 1.165) is 16.2 Å². The molecule has 2 N–H and O–H groups in total. The van der Waals surface area contributed by atoms with Gasteiger partial charge in [0.1, 0.15) is 11.5 Å². The third kappa shape index (κ3) is 2.85. The Morgan fingerprint density at radius 3 is 2.05 bits per heavy atom. The Bertz CT molecular complexity index is 811. The molecule has 1 atom stereocenters. The van der Waals surface area contributed by atoms with Gasteiger partial charge in [0.2, 0.25) is 0 Å². The van der Waals surface area contributed by atoms with Crippen LogP contribution in [-0.2, 0) is 4.57 Å². The van der Waals surface area contributed by atoms with Crippen molar-refractivity contribution in [1.82, 2.24) is 0 Å². The van der Waals surface area contributed by atoms with Gasteiger partial charge in [-0.3, -0.25) is 0 Å². The second-order valence-electron chi connectivity index (χ2n) is 4.88. The first kappa shape index (κ1) is 14.3. The largest absolute Gasteiger partial charge is 0.508 e. The van der Waals surface area contributed by atoms with Gasteiger partial charge in [-0.15, -0.1) is 0 Å². The van der Waals surface area contributed by atoms with Crippen LogP contribution in [0.5, 0.6) is 11.5 Å². The van der Waals surface area contributed by atoms with Crippen LogP contribution in [0.2, 0.25) is 0 Å². The lowest BCUT2D eigenvalue weighted by Crippen LogP contribution is -2.05. The summed E-state index contributed by atoms with van der Waals surface area (Å²) in [5, 5.41) is 20.9. The van der Waals surface area contributed by atoms with Crippen molar-refractivity contribution in [3.05, 3.63) is 72.8 Å². The molecule has 0 bridgehead atoms. The molecule has 0 fully saturated rings. The Kier molecular flexibility index (Phi) is 3.90. The molecule has 3 aromatic carbocycles. The molecular formula is C18H14O3P+. The number of hydrogen-bond donors (Lipinski definition) is 2. The van der Waals surface area contributed by atoms with E-state index >= 15 is 0 Å². The number of phenolic OH excluding ortho intramolecular Hbond substituents is 2. The third-order valence-electron chi connectivity index (χ3n) is 3.38. The lowest BCUT2D eigenvalue weighted by Gasteiger charge is -2.05. The summed E-state index contributed by atoms with van der Waals surface area (Å²) in [6.07, 6.45) is 0. The molecule has 3 nitrogen and oxygen atoms in total. The summed E-state index contributed by atoms with van der Waals surface area (Å²) < 4.78 is 12.5. The highest BCUT2D eigenvalue weighted by Crippen LogP contribution is 2.32. The van der Waals surface area contributed by atoms with Crippen molar-refractivity contribution in [3.8, 4) is 22.6 Å². The number of aromatic hydroxyl groups is 2. The van der Waals surface area contributed by atoms with Crippen LogP contribution in [0.25, 0.3) is 11.1 Å². The minimum Gasteiger partial charge on any atom is -0.508 e. The van der Waals surface area contributed by atoms with E-state index in [1.807, 2.05) is 30.3 Å². The van der Waals surface area contributed by atoms with E-state index in [1.54, 1.807) is 24.3 Å². The molecule has 0 aliphatic heterocycles. The quantitative estimate of drug-likeness (QED) is 0.575. The number of hydrogen-bond acceptors (Lipinski definition) is 3. The Labute approximate surface area is 129 Å². The van der Waals surface area contributed by atoms with Gasteiger partial charge in [-0.1, -0.05) is 22.8 Å². The molecule has 22 heavy (non-hydrogen) atoms. The highest BCUT2D eigenvalue weighted by Gasteiger charge is 2.22. The minimum absolute atomic E-state index is 0.0900. The first-order chi connectivity index (χ1) is 10.6. The fourth-order valence-corrected chi connectivity index (χ4v) is 3.41. The maximum Gasteiger partial charge on any atom is 0.415 e.